The summed E-state index contributed by atoms with van der Waals surface area (Å²) in [5.41, 5.74) is 0. The molecule has 2 heterocycles. The van der Waals surface area contributed by atoms with Gasteiger partial charge in [-0.2, -0.15) is 0 Å². The van der Waals surface area contributed by atoms with Crippen LogP contribution in [0, 0.1) is 5.92 Å². The molecule has 4 heteroatoms. The highest BCUT2D eigenvalue weighted by molar-refractivity contribution is 5.50. The van der Waals surface area contributed by atoms with Gasteiger partial charge in [0.2, 0.25) is 0 Å². The molecule has 1 N–H and O–H groups in total. The number of nitrogens with one attached hydrogen (secondary N) is 1. The van der Waals surface area contributed by atoms with Crippen molar-refractivity contribution < 1.29 is 0 Å². The normalized spacial score (nSPS) is 19.4. The standard InChI is InChI=1S/C16H28N4/c1-5-8-17-14-10-15(19-16(18-14)12(2)3)20-9-6-7-13(4)11-20/h10,12-13H,5-9,11H2,1-4H3,(H,17,18,19). The summed E-state index contributed by atoms with van der Waals surface area (Å²) in [5.74, 6) is 4.12. The van der Waals surface area contributed by atoms with Crippen LogP contribution in [0.15, 0.2) is 6.07 Å². The van der Waals surface area contributed by atoms with Crippen molar-refractivity contribution in [1.82, 2.24) is 9.97 Å². The van der Waals surface area contributed by atoms with Crippen LogP contribution >= 0.6 is 0 Å². The minimum Gasteiger partial charge on any atom is -0.370 e. The lowest BCUT2D eigenvalue weighted by Gasteiger charge is -2.32. The Morgan fingerprint density at radius 3 is 2.85 bits per heavy atom. The molecule has 1 aliphatic heterocycles. The highest BCUT2D eigenvalue weighted by Crippen LogP contribution is 2.24. The Bertz CT molecular complexity index is 430. The number of hydrogen-bond acceptors (Lipinski definition) is 4. The van der Waals surface area contributed by atoms with Crippen LogP contribution in [0.2, 0.25) is 0 Å². The Balaban J connectivity index is 2.23. The Kier molecular flexibility index (Phi) is 5.21. The number of aromatic nitrogens is 2. The molecule has 0 aliphatic carbocycles. The highest BCUT2D eigenvalue weighted by Gasteiger charge is 2.19. The molecule has 112 valence electrons. The van der Waals surface area contributed by atoms with E-state index < -0.39 is 0 Å². The Morgan fingerprint density at radius 1 is 1.40 bits per heavy atom. The lowest BCUT2D eigenvalue weighted by atomic mass is 10.0. The van der Waals surface area contributed by atoms with Crippen molar-refractivity contribution in [2.45, 2.75) is 52.9 Å². The van der Waals surface area contributed by atoms with Gasteiger partial charge in [0.1, 0.15) is 17.5 Å². The molecule has 2 rings (SSSR count). The Labute approximate surface area is 123 Å². The van der Waals surface area contributed by atoms with Crippen molar-refractivity contribution in [3.8, 4) is 0 Å². The van der Waals surface area contributed by atoms with Gasteiger partial charge in [-0.25, -0.2) is 9.97 Å². The molecule has 1 aliphatic rings. The third-order valence-electron chi connectivity index (χ3n) is 3.78. The van der Waals surface area contributed by atoms with Crippen LogP contribution in [0.3, 0.4) is 0 Å². The first kappa shape index (κ1) is 15.1. The summed E-state index contributed by atoms with van der Waals surface area (Å²) in [6.45, 7) is 12.0. The first-order valence-corrected chi connectivity index (χ1v) is 7.98. The zero-order valence-corrected chi connectivity index (χ0v) is 13.3. The maximum atomic E-state index is 4.77. The fourth-order valence-electron chi connectivity index (χ4n) is 2.61. The van der Waals surface area contributed by atoms with E-state index in [-0.39, 0.29) is 0 Å². The smallest absolute Gasteiger partial charge is 0.135 e. The van der Waals surface area contributed by atoms with Gasteiger partial charge in [-0.05, 0) is 25.2 Å². The average Bonchev–Trinajstić information content (AvgIpc) is 2.44. The van der Waals surface area contributed by atoms with E-state index in [4.69, 9.17) is 4.98 Å². The summed E-state index contributed by atoms with van der Waals surface area (Å²) in [6, 6.07) is 2.11. The van der Waals surface area contributed by atoms with Gasteiger partial charge >= 0.3 is 0 Å². The van der Waals surface area contributed by atoms with E-state index >= 15 is 0 Å². The molecule has 0 amide bonds. The van der Waals surface area contributed by atoms with Crippen molar-refractivity contribution in [3.05, 3.63) is 11.9 Å². The summed E-state index contributed by atoms with van der Waals surface area (Å²) >= 11 is 0. The van der Waals surface area contributed by atoms with Crippen LogP contribution in [0.25, 0.3) is 0 Å². The molecular formula is C16H28N4. The van der Waals surface area contributed by atoms with Crippen LogP contribution in [-0.2, 0) is 0 Å². The molecule has 0 radical (unpaired) electrons. The SMILES string of the molecule is CCCNc1cc(N2CCCC(C)C2)nc(C(C)C)n1. The van der Waals surface area contributed by atoms with Gasteiger partial charge in [0.15, 0.2) is 0 Å². The van der Waals surface area contributed by atoms with Crippen molar-refractivity contribution in [1.29, 1.82) is 0 Å². The Morgan fingerprint density at radius 2 is 2.20 bits per heavy atom. The monoisotopic (exact) mass is 276 g/mol. The third kappa shape index (κ3) is 3.84. The average molecular weight is 276 g/mol. The minimum absolute atomic E-state index is 0.361. The maximum Gasteiger partial charge on any atom is 0.135 e. The van der Waals surface area contributed by atoms with E-state index in [1.807, 2.05) is 0 Å². The summed E-state index contributed by atoms with van der Waals surface area (Å²) < 4.78 is 0. The number of piperidine rings is 1. The van der Waals surface area contributed by atoms with Crippen molar-refractivity contribution >= 4 is 11.6 Å². The van der Waals surface area contributed by atoms with Gasteiger partial charge in [-0.15, -0.1) is 0 Å². The molecule has 1 aromatic rings. The van der Waals surface area contributed by atoms with Gasteiger partial charge in [-0.3, -0.25) is 0 Å². The Hall–Kier alpha value is -1.32. The summed E-state index contributed by atoms with van der Waals surface area (Å²) in [5, 5.41) is 3.40. The van der Waals surface area contributed by atoms with Gasteiger partial charge in [0.05, 0.1) is 0 Å². The number of anilines is 2. The predicted molar refractivity (Wildman–Crippen MR) is 85.5 cm³/mol. The van der Waals surface area contributed by atoms with Gasteiger partial charge in [0, 0.05) is 31.6 Å². The minimum atomic E-state index is 0.361. The van der Waals surface area contributed by atoms with Crippen LogP contribution in [-0.4, -0.2) is 29.6 Å². The number of hydrogen-bond donors (Lipinski definition) is 1. The van der Waals surface area contributed by atoms with E-state index in [9.17, 15) is 0 Å². The van der Waals surface area contributed by atoms with E-state index in [1.54, 1.807) is 0 Å². The molecule has 0 saturated carbocycles. The molecule has 0 spiro atoms. The predicted octanol–water partition coefficient (Wildman–Crippen LogP) is 3.66. The number of rotatable bonds is 5. The second-order valence-corrected chi connectivity index (χ2v) is 6.24. The molecule has 1 atom stereocenters. The van der Waals surface area contributed by atoms with Crippen LogP contribution in [0.5, 0.6) is 0 Å². The zero-order valence-electron chi connectivity index (χ0n) is 13.3. The quantitative estimate of drug-likeness (QED) is 0.891. The van der Waals surface area contributed by atoms with Crippen molar-refractivity contribution in [2.75, 3.05) is 29.9 Å². The van der Waals surface area contributed by atoms with Crippen molar-refractivity contribution in [3.63, 3.8) is 0 Å². The highest BCUT2D eigenvalue weighted by atomic mass is 15.2. The fourth-order valence-corrected chi connectivity index (χ4v) is 2.61. The van der Waals surface area contributed by atoms with Gasteiger partial charge in [0.25, 0.3) is 0 Å². The zero-order chi connectivity index (χ0) is 14.5. The third-order valence-corrected chi connectivity index (χ3v) is 3.78. The van der Waals surface area contributed by atoms with Gasteiger partial charge in [-0.1, -0.05) is 27.7 Å². The first-order valence-electron chi connectivity index (χ1n) is 7.98. The maximum absolute atomic E-state index is 4.77. The van der Waals surface area contributed by atoms with Crippen LogP contribution in [0.1, 0.15) is 58.7 Å². The molecule has 0 aromatic carbocycles. The summed E-state index contributed by atoms with van der Waals surface area (Å²) in [6.07, 6.45) is 3.70. The molecule has 4 nitrogen and oxygen atoms in total. The summed E-state index contributed by atoms with van der Waals surface area (Å²) in [4.78, 5) is 11.8. The molecule has 1 saturated heterocycles. The lowest BCUT2D eigenvalue weighted by molar-refractivity contribution is 0.444. The van der Waals surface area contributed by atoms with E-state index in [0.717, 1.165) is 49.4 Å². The molecule has 1 unspecified atom stereocenters. The molecule has 1 fully saturated rings. The van der Waals surface area contributed by atoms with E-state index in [1.165, 1.54) is 12.8 Å². The summed E-state index contributed by atoms with van der Waals surface area (Å²) in [7, 11) is 0. The largest absolute Gasteiger partial charge is 0.370 e. The van der Waals surface area contributed by atoms with Crippen LogP contribution in [0.4, 0.5) is 11.6 Å². The molecular weight excluding hydrogens is 248 g/mol. The molecule has 1 aromatic heterocycles. The topological polar surface area (TPSA) is 41.0 Å². The fraction of sp³-hybridized carbons (Fsp3) is 0.750. The van der Waals surface area contributed by atoms with Gasteiger partial charge < -0.3 is 10.2 Å². The lowest BCUT2D eigenvalue weighted by Crippen LogP contribution is -2.35. The van der Waals surface area contributed by atoms with Crippen molar-refractivity contribution in [2.24, 2.45) is 5.92 Å². The second-order valence-electron chi connectivity index (χ2n) is 6.24. The molecule has 0 bridgehead atoms. The second kappa shape index (κ2) is 6.91. The van der Waals surface area contributed by atoms with Crippen LogP contribution < -0.4 is 10.2 Å². The number of nitrogens with zero attached hydrogens (tertiary/aromatic N) is 3. The van der Waals surface area contributed by atoms with E-state index in [0.29, 0.717) is 5.92 Å². The van der Waals surface area contributed by atoms with E-state index in [2.05, 4.69) is 49.0 Å². The molecule has 20 heavy (non-hydrogen) atoms. The first-order chi connectivity index (χ1) is 9.60.